The van der Waals surface area contributed by atoms with Gasteiger partial charge in [0.15, 0.2) is 0 Å². The fraction of sp³-hybridized carbons (Fsp3) is 0.389. The van der Waals surface area contributed by atoms with Gasteiger partial charge in [-0.1, -0.05) is 0 Å². The van der Waals surface area contributed by atoms with Gasteiger partial charge in [0.25, 0.3) is 0 Å². The molecule has 2 aliphatic rings. The van der Waals surface area contributed by atoms with Gasteiger partial charge in [0, 0.05) is 43.0 Å². The molecule has 0 atom stereocenters. The maximum absolute atomic E-state index is 6.46. The van der Waals surface area contributed by atoms with E-state index in [1.807, 2.05) is 17.1 Å². The first-order chi connectivity index (χ1) is 12.8. The van der Waals surface area contributed by atoms with Crippen LogP contribution in [0.4, 0.5) is 11.5 Å². The number of aromatic nitrogens is 4. The van der Waals surface area contributed by atoms with Crippen molar-refractivity contribution >= 4 is 22.4 Å². The summed E-state index contributed by atoms with van der Waals surface area (Å²) in [6, 6.07) is 6.40. The molecule has 4 heterocycles. The number of morpholine rings is 1. The normalized spacial score (nSPS) is 17.7. The standard InChI is InChI=1S/C18H21N7O/c19-25(12-1-2-12)15-11-16(24-7-9-26-10-8-24)22-17-13(15)3-5-20-18(17)14-4-6-21-23-14/h3-6,11-12H,1-2,7-10,19H2,(H,21,23). The van der Waals surface area contributed by atoms with Crippen LogP contribution in [-0.4, -0.2) is 52.5 Å². The minimum Gasteiger partial charge on any atom is -0.378 e. The molecule has 8 heteroatoms. The molecule has 0 unspecified atom stereocenters. The molecule has 134 valence electrons. The molecular weight excluding hydrogens is 330 g/mol. The third-order valence-electron chi connectivity index (χ3n) is 5.00. The van der Waals surface area contributed by atoms with Gasteiger partial charge >= 0.3 is 0 Å². The van der Waals surface area contributed by atoms with Gasteiger partial charge in [0.05, 0.1) is 24.6 Å². The first kappa shape index (κ1) is 15.5. The topological polar surface area (TPSA) is 96.2 Å². The number of anilines is 2. The molecule has 0 amide bonds. The van der Waals surface area contributed by atoms with E-state index in [9.17, 15) is 0 Å². The number of nitrogens with one attached hydrogen (secondary N) is 1. The summed E-state index contributed by atoms with van der Waals surface area (Å²) < 4.78 is 5.49. The van der Waals surface area contributed by atoms with Crippen LogP contribution < -0.4 is 15.8 Å². The van der Waals surface area contributed by atoms with E-state index < -0.39 is 0 Å². The Kier molecular flexibility index (Phi) is 3.72. The molecule has 1 saturated heterocycles. The van der Waals surface area contributed by atoms with Gasteiger partial charge in [-0.05, 0) is 25.0 Å². The molecule has 5 rings (SSSR count). The summed E-state index contributed by atoms with van der Waals surface area (Å²) in [6.45, 7) is 3.08. The first-order valence-corrected chi connectivity index (χ1v) is 8.97. The summed E-state index contributed by atoms with van der Waals surface area (Å²) in [5.74, 6) is 7.37. The number of nitrogens with two attached hydrogens (primary N) is 1. The molecule has 0 spiro atoms. The highest BCUT2D eigenvalue weighted by Gasteiger charge is 2.29. The van der Waals surface area contributed by atoms with Crippen molar-refractivity contribution in [1.82, 2.24) is 20.2 Å². The summed E-state index contributed by atoms with van der Waals surface area (Å²) in [5.41, 5.74) is 3.48. The largest absolute Gasteiger partial charge is 0.378 e. The van der Waals surface area contributed by atoms with Gasteiger partial charge in [-0.25, -0.2) is 10.8 Å². The zero-order valence-electron chi connectivity index (χ0n) is 14.4. The molecule has 8 nitrogen and oxygen atoms in total. The van der Waals surface area contributed by atoms with Crippen molar-refractivity contribution in [3.05, 3.63) is 30.6 Å². The van der Waals surface area contributed by atoms with E-state index in [0.29, 0.717) is 19.3 Å². The molecule has 3 aromatic rings. The number of nitrogens with zero attached hydrogens (tertiary/aromatic N) is 5. The highest BCUT2D eigenvalue weighted by Crippen LogP contribution is 2.37. The minimum absolute atomic E-state index is 0.405. The maximum Gasteiger partial charge on any atom is 0.131 e. The highest BCUT2D eigenvalue weighted by molar-refractivity contribution is 6.00. The maximum atomic E-state index is 6.46. The third-order valence-corrected chi connectivity index (χ3v) is 5.00. The zero-order valence-corrected chi connectivity index (χ0v) is 14.4. The molecule has 2 fully saturated rings. The number of H-pyrrole nitrogens is 1. The average molecular weight is 351 g/mol. The number of hydrazine groups is 1. The van der Waals surface area contributed by atoms with Crippen LogP contribution in [0.15, 0.2) is 30.6 Å². The van der Waals surface area contributed by atoms with Gasteiger partial charge in [-0.2, -0.15) is 5.10 Å². The van der Waals surface area contributed by atoms with E-state index >= 15 is 0 Å². The average Bonchev–Trinajstić information content (AvgIpc) is 3.41. The van der Waals surface area contributed by atoms with Crippen molar-refractivity contribution < 1.29 is 4.74 Å². The number of hydrogen-bond donors (Lipinski definition) is 2. The van der Waals surface area contributed by atoms with Gasteiger partial charge in [-0.15, -0.1) is 0 Å². The predicted molar refractivity (Wildman–Crippen MR) is 99.8 cm³/mol. The van der Waals surface area contributed by atoms with Crippen LogP contribution in [0.25, 0.3) is 22.3 Å². The van der Waals surface area contributed by atoms with Crippen LogP contribution in [-0.2, 0) is 4.74 Å². The Bertz CT molecular complexity index is 917. The minimum atomic E-state index is 0.405. The van der Waals surface area contributed by atoms with Crippen molar-refractivity contribution in [2.75, 3.05) is 36.2 Å². The van der Waals surface area contributed by atoms with Crippen LogP contribution in [0.2, 0.25) is 0 Å². The quantitative estimate of drug-likeness (QED) is 0.545. The van der Waals surface area contributed by atoms with Crippen molar-refractivity contribution in [3.63, 3.8) is 0 Å². The van der Waals surface area contributed by atoms with Crippen molar-refractivity contribution in [2.24, 2.45) is 5.84 Å². The summed E-state index contributed by atoms with van der Waals surface area (Å²) in [6.07, 6.45) is 5.79. The van der Waals surface area contributed by atoms with Crippen molar-refractivity contribution in [3.8, 4) is 11.4 Å². The monoisotopic (exact) mass is 351 g/mol. The lowest BCUT2D eigenvalue weighted by Gasteiger charge is -2.30. The predicted octanol–water partition coefficient (Wildman–Crippen LogP) is 1.70. The molecule has 26 heavy (non-hydrogen) atoms. The van der Waals surface area contributed by atoms with Crippen LogP contribution in [0.1, 0.15) is 12.8 Å². The van der Waals surface area contributed by atoms with Gasteiger partial charge < -0.3 is 14.6 Å². The number of aromatic amines is 1. The van der Waals surface area contributed by atoms with E-state index in [4.69, 9.17) is 15.6 Å². The fourth-order valence-corrected chi connectivity index (χ4v) is 3.42. The number of fused-ring (bicyclic) bond motifs is 1. The molecule has 1 saturated carbocycles. The Morgan fingerprint density at radius 2 is 2.04 bits per heavy atom. The Morgan fingerprint density at radius 1 is 1.19 bits per heavy atom. The van der Waals surface area contributed by atoms with Gasteiger partial charge in [-0.3, -0.25) is 10.1 Å². The van der Waals surface area contributed by atoms with Gasteiger partial charge in [0.2, 0.25) is 0 Å². The smallest absolute Gasteiger partial charge is 0.131 e. The SMILES string of the molecule is NN(c1cc(N2CCOCC2)nc2c(-c3ccn[nH]3)nccc12)C1CC1. The fourth-order valence-electron chi connectivity index (χ4n) is 3.42. The Labute approximate surface area is 150 Å². The van der Waals surface area contributed by atoms with E-state index in [2.05, 4.69) is 26.1 Å². The molecule has 0 aromatic carbocycles. The molecule has 3 N–H and O–H groups in total. The number of pyridine rings is 2. The number of rotatable bonds is 4. The molecule has 1 aliphatic heterocycles. The van der Waals surface area contributed by atoms with Crippen LogP contribution in [0, 0.1) is 0 Å². The molecule has 3 aromatic heterocycles. The summed E-state index contributed by atoms with van der Waals surface area (Å²) in [5, 5.41) is 9.96. The summed E-state index contributed by atoms with van der Waals surface area (Å²) in [7, 11) is 0. The lowest BCUT2D eigenvalue weighted by atomic mass is 10.1. The van der Waals surface area contributed by atoms with Crippen molar-refractivity contribution in [2.45, 2.75) is 18.9 Å². The molecule has 0 radical (unpaired) electrons. The molecule has 1 aliphatic carbocycles. The first-order valence-electron chi connectivity index (χ1n) is 8.97. The molecule has 0 bridgehead atoms. The van der Waals surface area contributed by atoms with E-state index in [1.165, 1.54) is 0 Å². The molecular formula is C18H21N7O. The van der Waals surface area contributed by atoms with Crippen LogP contribution in [0.5, 0.6) is 0 Å². The number of hydrogen-bond acceptors (Lipinski definition) is 7. The van der Waals surface area contributed by atoms with Crippen LogP contribution >= 0.6 is 0 Å². The third kappa shape index (κ3) is 2.67. The highest BCUT2D eigenvalue weighted by atomic mass is 16.5. The lowest BCUT2D eigenvalue weighted by Crippen LogP contribution is -2.37. The van der Waals surface area contributed by atoms with E-state index in [0.717, 1.165) is 59.7 Å². The Morgan fingerprint density at radius 3 is 2.77 bits per heavy atom. The second-order valence-corrected chi connectivity index (χ2v) is 6.76. The van der Waals surface area contributed by atoms with E-state index in [1.54, 1.807) is 12.4 Å². The van der Waals surface area contributed by atoms with Crippen LogP contribution in [0.3, 0.4) is 0 Å². The lowest BCUT2D eigenvalue weighted by molar-refractivity contribution is 0.122. The summed E-state index contributed by atoms with van der Waals surface area (Å²) in [4.78, 5) is 11.8. The number of ether oxygens (including phenoxy) is 1. The Hall–Kier alpha value is -2.71. The van der Waals surface area contributed by atoms with E-state index in [-0.39, 0.29) is 0 Å². The second kappa shape index (κ2) is 6.22. The summed E-state index contributed by atoms with van der Waals surface area (Å²) >= 11 is 0. The Balaban J connectivity index is 1.71. The second-order valence-electron chi connectivity index (χ2n) is 6.76. The zero-order chi connectivity index (χ0) is 17.5. The van der Waals surface area contributed by atoms with Gasteiger partial charge in [0.1, 0.15) is 17.0 Å². The van der Waals surface area contributed by atoms with Crippen molar-refractivity contribution in [1.29, 1.82) is 0 Å².